The number of benzene rings is 2. The lowest BCUT2D eigenvalue weighted by molar-refractivity contribution is 0.0600. The van der Waals surface area contributed by atoms with Crippen molar-refractivity contribution in [3.05, 3.63) is 71.3 Å². The van der Waals surface area contributed by atoms with Crippen molar-refractivity contribution < 1.29 is 14.3 Å². The molecule has 2 aromatic carbocycles. The molecule has 0 fully saturated rings. The number of methoxy groups -OCH3 is 1. The third-order valence-corrected chi connectivity index (χ3v) is 3.28. The van der Waals surface area contributed by atoms with Crippen LogP contribution < -0.4 is 4.74 Å². The third-order valence-electron chi connectivity index (χ3n) is 3.28. The molecular formula is C17H14O3. The van der Waals surface area contributed by atoms with Gasteiger partial charge >= 0.3 is 5.97 Å². The average molecular weight is 266 g/mol. The predicted octanol–water partition coefficient (Wildman–Crippen LogP) is 3.62. The number of ether oxygens (including phenoxy) is 2. The number of rotatable bonds is 2. The fourth-order valence-corrected chi connectivity index (χ4v) is 2.20. The summed E-state index contributed by atoms with van der Waals surface area (Å²) in [7, 11) is 1.38. The van der Waals surface area contributed by atoms with Gasteiger partial charge in [-0.25, -0.2) is 4.79 Å². The molecule has 2 aromatic rings. The molecule has 0 aromatic heterocycles. The van der Waals surface area contributed by atoms with Crippen molar-refractivity contribution in [3.8, 4) is 5.75 Å². The number of hydrogen-bond acceptors (Lipinski definition) is 3. The highest BCUT2D eigenvalue weighted by Crippen LogP contribution is 2.32. The molecule has 0 aliphatic carbocycles. The fourth-order valence-electron chi connectivity index (χ4n) is 2.20. The van der Waals surface area contributed by atoms with E-state index in [1.165, 1.54) is 7.11 Å². The monoisotopic (exact) mass is 266 g/mol. The summed E-state index contributed by atoms with van der Waals surface area (Å²) in [6.07, 6.45) is 3.93. The highest BCUT2D eigenvalue weighted by Gasteiger charge is 2.16. The van der Waals surface area contributed by atoms with Gasteiger partial charge < -0.3 is 9.47 Å². The van der Waals surface area contributed by atoms with Crippen molar-refractivity contribution >= 4 is 12.0 Å². The zero-order valence-corrected chi connectivity index (χ0v) is 11.1. The maximum atomic E-state index is 11.4. The molecule has 0 spiro atoms. The first-order chi connectivity index (χ1) is 9.78. The van der Waals surface area contributed by atoms with Crippen LogP contribution in [-0.4, -0.2) is 13.1 Å². The lowest BCUT2D eigenvalue weighted by atomic mass is 10.0. The van der Waals surface area contributed by atoms with Crippen molar-refractivity contribution in [2.45, 2.75) is 6.10 Å². The van der Waals surface area contributed by atoms with Crippen molar-refractivity contribution in [2.24, 2.45) is 0 Å². The van der Waals surface area contributed by atoms with E-state index in [1.807, 2.05) is 42.5 Å². The van der Waals surface area contributed by atoms with Crippen LogP contribution >= 0.6 is 0 Å². The van der Waals surface area contributed by atoms with Gasteiger partial charge in [-0.2, -0.15) is 0 Å². The minimum atomic E-state index is -0.331. The van der Waals surface area contributed by atoms with Gasteiger partial charge in [-0.3, -0.25) is 0 Å². The van der Waals surface area contributed by atoms with Gasteiger partial charge in [0, 0.05) is 5.56 Å². The van der Waals surface area contributed by atoms with Gasteiger partial charge in [-0.15, -0.1) is 0 Å². The Hall–Kier alpha value is -2.55. The Labute approximate surface area is 117 Å². The second-order valence-electron chi connectivity index (χ2n) is 4.55. The van der Waals surface area contributed by atoms with Crippen LogP contribution in [0.25, 0.3) is 6.08 Å². The SMILES string of the molecule is COC(=O)c1ccc(C2C=Cc3ccccc3O2)cc1. The van der Waals surface area contributed by atoms with Crippen LogP contribution in [0.15, 0.2) is 54.6 Å². The molecule has 0 bridgehead atoms. The summed E-state index contributed by atoms with van der Waals surface area (Å²) in [5.74, 6) is 0.541. The van der Waals surface area contributed by atoms with Gasteiger partial charge in [0.25, 0.3) is 0 Å². The van der Waals surface area contributed by atoms with Crippen LogP contribution in [-0.2, 0) is 4.74 Å². The number of hydrogen-bond donors (Lipinski definition) is 0. The molecule has 1 heterocycles. The first-order valence-electron chi connectivity index (χ1n) is 6.40. The molecule has 3 nitrogen and oxygen atoms in total. The van der Waals surface area contributed by atoms with Crippen LogP contribution in [0, 0.1) is 0 Å². The Bertz CT molecular complexity index is 656. The van der Waals surface area contributed by atoms with Gasteiger partial charge in [0.15, 0.2) is 0 Å². The Balaban J connectivity index is 1.83. The van der Waals surface area contributed by atoms with E-state index in [-0.39, 0.29) is 12.1 Å². The Morgan fingerprint density at radius 2 is 1.85 bits per heavy atom. The van der Waals surface area contributed by atoms with E-state index in [0.29, 0.717) is 5.56 Å². The topological polar surface area (TPSA) is 35.5 Å². The normalized spacial score (nSPS) is 16.1. The van der Waals surface area contributed by atoms with E-state index < -0.39 is 0 Å². The highest BCUT2D eigenvalue weighted by molar-refractivity contribution is 5.89. The lowest BCUT2D eigenvalue weighted by Crippen LogP contribution is -2.09. The number of fused-ring (bicyclic) bond motifs is 1. The smallest absolute Gasteiger partial charge is 0.337 e. The zero-order chi connectivity index (χ0) is 13.9. The molecular weight excluding hydrogens is 252 g/mol. The molecule has 0 saturated heterocycles. The molecule has 20 heavy (non-hydrogen) atoms. The highest BCUT2D eigenvalue weighted by atomic mass is 16.5. The molecule has 0 saturated carbocycles. The maximum Gasteiger partial charge on any atom is 0.337 e. The molecule has 0 radical (unpaired) electrons. The summed E-state index contributed by atoms with van der Waals surface area (Å²) in [4.78, 5) is 11.4. The van der Waals surface area contributed by atoms with Gasteiger partial charge in [0.2, 0.25) is 0 Å². The first-order valence-corrected chi connectivity index (χ1v) is 6.40. The Kier molecular flexibility index (Phi) is 3.25. The van der Waals surface area contributed by atoms with Crippen molar-refractivity contribution in [3.63, 3.8) is 0 Å². The Morgan fingerprint density at radius 1 is 1.10 bits per heavy atom. The third kappa shape index (κ3) is 2.30. The quantitative estimate of drug-likeness (QED) is 0.779. The fraction of sp³-hybridized carbons (Fsp3) is 0.118. The zero-order valence-electron chi connectivity index (χ0n) is 11.1. The van der Waals surface area contributed by atoms with E-state index >= 15 is 0 Å². The van der Waals surface area contributed by atoms with Gasteiger partial charge in [0.05, 0.1) is 12.7 Å². The van der Waals surface area contributed by atoms with E-state index in [4.69, 9.17) is 4.74 Å². The summed E-state index contributed by atoms with van der Waals surface area (Å²) in [5, 5.41) is 0. The van der Waals surface area contributed by atoms with Gasteiger partial charge in [0.1, 0.15) is 11.9 Å². The largest absolute Gasteiger partial charge is 0.481 e. The first kappa shape index (κ1) is 12.5. The molecule has 1 aliphatic heterocycles. The van der Waals surface area contributed by atoms with Crippen LogP contribution in [0.4, 0.5) is 0 Å². The molecule has 0 N–H and O–H groups in total. The maximum absolute atomic E-state index is 11.4. The predicted molar refractivity (Wildman–Crippen MR) is 76.6 cm³/mol. The summed E-state index contributed by atoms with van der Waals surface area (Å²) in [6.45, 7) is 0. The number of carbonyl (C=O) groups excluding carboxylic acids is 1. The molecule has 3 rings (SSSR count). The number of para-hydroxylation sites is 1. The molecule has 1 aliphatic rings. The average Bonchev–Trinajstić information content (AvgIpc) is 2.54. The van der Waals surface area contributed by atoms with Crippen LogP contribution in [0.2, 0.25) is 0 Å². The van der Waals surface area contributed by atoms with E-state index in [2.05, 4.69) is 10.8 Å². The van der Waals surface area contributed by atoms with Gasteiger partial charge in [-0.05, 0) is 29.8 Å². The molecule has 1 atom stereocenters. The standard InChI is InChI=1S/C17H14O3/c1-19-17(18)14-8-6-13(7-9-14)16-11-10-12-4-2-3-5-15(12)20-16/h2-11,16H,1H3. The lowest BCUT2D eigenvalue weighted by Gasteiger charge is -2.21. The van der Waals surface area contributed by atoms with Gasteiger partial charge in [-0.1, -0.05) is 36.4 Å². The van der Waals surface area contributed by atoms with E-state index in [9.17, 15) is 4.79 Å². The molecule has 1 unspecified atom stereocenters. The summed E-state index contributed by atoms with van der Waals surface area (Å²) < 4.78 is 10.6. The van der Waals surface area contributed by atoms with Crippen LogP contribution in [0.3, 0.4) is 0 Å². The van der Waals surface area contributed by atoms with Crippen molar-refractivity contribution in [1.82, 2.24) is 0 Å². The summed E-state index contributed by atoms with van der Waals surface area (Å²) in [5.41, 5.74) is 2.62. The van der Waals surface area contributed by atoms with E-state index in [0.717, 1.165) is 16.9 Å². The molecule has 100 valence electrons. The number of esters is 1. The summed E-state index contributed by atoms with van der Waals surface area (Å²) >= 11 is 0. The van der Waals surface area contributed by atoms with Crippen molar-refractivity contribution in [2.75, 3.05) is 7.11 Å². The van der Waals surface area contributed by atoms with Crippen molar-refractivity contribution in [1.29, 1.82) is 0 Å². The minimum absolute atomic E-state index is 0.128. The van der Waals surface area contributed by atoms with Crippen LogP contribution in [0.1, 0.15) is 27.6 Å². The number of carbonyl (C=O) groups is 1. The second kappa shape index (κ2) is 5.21. The van der Waals surface area contributed by atoms with Crippen LogP contribution in [0.5, 0.6) is 5.75 Å². The Morgan fingerprint density at radius 3 is 2.60 bits per heavy atom. The molecule has 0 amide bonds. The van der Waals surface area contributed by atoms with E-state index in [1.54, 1.807) is 12.1 Å². The summed E-state index contributed by atoms with van der Waals surface area (Å²) in [6, 6.07) is 15.2. The second-order valence-corrected chi connectivity index (χ2v) is 4.55. The minimum Gasteiger partial charge on any atom is -0.481 e. The molecule has 3 heteroatoms.